The van der Waals surface area contributed by atoms with Crippen LogP contribution in [-0.2, 0) is 15.2 Å². The molecular weight excluding hydrogens is 346 g/mol. The molecule has 27 heavy (non-hydrogen) atoms. The fourth-order valence-corrected chi connectivity index (χ4v) is 5.22. The molecule has 1 spiro atoms. The average Bonchev–Trinajstić information content (AvgIpc) is 2.88. The van der Waals surface area contributed by atoms with Crippen molar-refractivity contribution in [3.63, 3.8) is 0 Å². The standard InChI is InChI=1S/C19H25N5O3/c1-16(2)26-18-9-17(18,10-25)6-7-19(18,27-16)24-8-5-13-14(22-12-23(3)4)20-11-21-15(13)24/h5,8,11-12,25H,6-7,9-10H2,1-4H3/t17-,18+,19-/m0/s1. The molecular formula is C19H25N5O3. The van der Waals surface area contributed by atoms with Gasteiger partial charge in [0.05, 0.1) is 18.3 Å². The van der Waals surface area contributed by atoms with Crippen LogP contribution in [0.4, 0.5) is 5.82 Å². The van der Waals surface area contributed by atoms with Gasteiger partial charge in [0.1, 0.15) is 17.6 Å². The summed E-state index contributed by atoms with van der Waals surface area (Å²) in [5.74, 6) is -0.0920. The molecule has 0 radical (unpaired) electrons. The molecule has 2 aliphatic carbocycles. The highest BCUT2D eigenvalue weighted by Gasteiger charge is 2.87. The van der Waals surface area contributed by atoms with E-state index in [2.05, 4.69) is 19.5 Å². The van der Waals surface area contributed by atoms with Gasteiger partial charge in [-0.05, 0) is 39.2 Å². The molecule has 2 aromatic rings. The molecule has 2 aromatic heterocycles. The van der Waals surface area contributed by atoms with E-state index in [0.29, 0.717) is 5.82 Å². The first-order valence-corrected chi connectivity index (χ1v) is 9.33. The van der Waals surface area contributed by atoms with Crippen molar-refractivity contribution in [3.8, 4) is 0 Å². The minimum absolute atomic E-state index is 0.112. The quantitative estimate of drug-likeness (QED) is 0.654. The Balaban J connectivity index is 1.67. The van der Waals surface area contributed by atoms with Crippen LogP contribution in [-0.4, -0.2) is 63.0 Å². The lowest BCUT2D eigenvalue weighted by Gasteiger charge is -2.32. The lowest BCUT2D eigenvalue weighted by Crippen LogP contribution is -2.43. The van der Waals surface area contributed by atoms with Crippen LogP contribution in [0, 0.1) is 5.41 Å². The fraction of sp³-hybridized carbons (Fsp3) is 0.632. The Morgan fingerprint density at radius 1 is 1.30 bits per heavy atom. The molecule has 1 N–H and O–H groups in total. The monoisotopic (exact) mass is 371 g/mol. The van der Waals surface area contributed by atoms with Crippen molar-refractivity contribution in [2.24, 2.45) is 10.4 Å². The largest absolute Gasteiger partial charge is 0.396 e. The number of ether oxygens (including phenoxy) is 2. The minimum Gasteiger partial charge on any atom is -0.396 e. The zero-order chi connectivity index (χ0) is 19.1. The maximum Gasteiger partial charge on any atom is 0.179 e. The van der Waals surface area contributed by atoms with Gasteiger partial charge in [0.25, 0.3) is 0 Å². The Bertz CT molecular complexity index is 954. The second-order valence-electron chi connectivity index (χ2n) is 8.66. The summed E-state index contributed by atoms with van der Waals surface area (Å²) in [4.78, 5) is 15.2. The van der Waals surface area contributed by atoms with Crippen molar-refractivity contribution in [1.29, 1.82) is 0 Å². The smallest absolute Gasteiger partial charge is 0.179 e. The van der Waals surface area contributed by atoms with Gasteiger partial charge in [-0.2, -0.15) is 0 Å². The third-order valence-corrected chi connectivity index (χ3v) is 6.29. The van der Waals surface area contributed by atoms with Crippen LogP contribution in [0.3, 0.4) is 0 Å². The molecule has 0 aromatic carbocycles. The number of aliphatic hydroxyl groups excluding tert-OH is 1. The molecule has 1 aliphatic heterocycles. The van der Waals surface area contributed by atoms with Gasteiger partial charge in [-0.3, -0.25) is 0 Å². The molecule has 3 heterocycles. The van der Waals surface area contributed by atoms with Gasteiger partial charge in [-0.1, -0.05) is 0 Å². The van der Waals surface area contributed by atoms with E-state index >= 15 is 0 Å². The summed E-state index contributed by atoms with van der Waals surface area (Å²) in [6, 6.07) is 1.98. The van der Waals surface area contributed by atoms with Crippen LogP contribution in [0.5, 0.6) is 0 Å². The number of aliphatic imine (C=N–C) groups is 1. The van der Waals surface area contributed by atoms with Gasteiger partial charge in [0, 0.05) is 25.7 Å². The number of fused-ring (bicyclic) bond motifs is 1. The molecule has 8 heteroatoms. The summed E-state index contributed by atoms with van der Waals surface area (Å²) in [6.07, 6.45) is 7.71. The topological polar surface area (TPSA) is 85.0 Å². The van der Waals surface area contributed by atoms with Gasteiger partial charge >= 0.3 is 0 Å². The Hall–Kier alpha value is -2.03. The number of aromatic nitrogens is 3. The van der Waals surface area contributed by atoms with E-state index in [1.165, 1.54) is 6.33 Å². The summed E-state index contributed by atoms with van der Waals surface area (Å²) < 4.78 is 15.1. The zero-order valence-corrected chi connectivity index (χ0v) is 16.1. The first-order valence-electron chi connectivity index (χ1n) is 9.33. The predicted octanol–water partition coefficient (Wildman–Crippen LogP) is 2.00. The molecule has 3 fully saturated rings. The molecule has 2 saturated carbocycles. The number of rotatable bonds is 4. The molecule has 0 unspecified atom stereocenters. The van der Waals surface area contributed by atoms with Crippen LogP contribution in [0.2, 0.25) is 0 Å². The summed E-state index contributed by atoms with van der Waals surface area (Å²) in [5.41, 5.74) is -0.631. The van der Waals surface area contributed by atoms with E-state index in [9.17, 15) is 5.11 Å². The number of hydrogen-bond donors (Lipinski definition) is 1. The van der Waals surface area contributed by atoms with E-state index in [-0.39, 0.29) is 12.0 Å². The van der Waals surface area contributed by atoms with Crippen molar-refractivity contribution in [3.05, 3.63) is 18.6 Å². The Morgan fingerprint density at radius 2 is 2.11 bits per heavy atom. The van der Waals surface area contributed by atoms with Crippen molar-refractivity contribution in [2.45, 2.75) is 50.2 Å². The van der Waals surface area contributed by atoms with Gasteiger partial charge in [0.15, 0.2) is 17.3 Å². The Morgan fingerprint density at radius 3 is 2.81 bits per heavy atom. The lowest BCUT2D eigenvalue weighted by atomic mass is 10.0. The van der Waals surface area contributed by atoms with E-state index < -0.39 is 17.1 Å². The summed E-state index contributed by atoms with van der Waals surface area (Å²) in [7, 11) is 3.84. The third-order valence-electron chi connectivity index (χ3n) is 6.29. The SMILES string of the molecule is CN(C)C=Nc1ncnc2c1ccn2[C@]12CC[C@@]3(CO)C[C@@]31OC(C)(C)O2. The molecule has 144 valence electrons. The highest BCUT2D eigenvalue weighted by molar-refractivity contribution is 5.87. The van der Waals surface area contributed by atoms with E-state index in [4.69, 9.17) is 9.47 Å². The van der Waals surface area contributed by atoms with Crippen LogP contribution in [0.1, 0.15) is 33.1 Å². The van der Waals surface area contributed by atoms with Crippen LogP contribution in [0.15, 0.2) is 23.6 Å². The molecule has 0 bridgehead atoms. The number of aliphatic hydroxyl groups is 1. The molecule has 3 atom stereocenters. The van der Waals surface area contributed by atoms with Gasteiger partial charge in [-0.15, -0.1) is 0 Å². The minimum atomic E-state index is -0.715. The first kappa shape index (κ1) is 17.1. The maximum absolute atomic E-state index is 10.1. The van der Waals surface area contributed by atoms with Gasteiger partial charge < -0.3 is 24.0 Å². The number of nitrogens with zero attached hydrogens (tertiary/aromatic N) is 5. The first-order chi connectivity index (χ1) is 12.8. The van der Waals surface area contributed by atoms with E-state index in [1.54, 1.807) is 6.34 Å². The summed E-state index contributed by atoms with van der Waals surface area (Å²) in [6.45, 7) is 3.99. The van der Waals surface area contributed by atoms with Crippen molar-refractivity contribution in [2.75, 3.05) is 20.7 Å². The Kier molecular flexibility index (Phi) is 3.21. The Labute approximate surface area is 157 Å². The molecule has 1 saturated heterocycles. The maximum atomic E-state index is 10.1. The van der Waals surface area contributed by atoms with E-state index in [1.807, 2.05) is 45.1 Å². The van der Waals surface area contributed by atoms with Crippen LogP contribution < -0.4 is 0 Å². The van der Waals surface area contributed by atoms with Crippen molar-refractivity contribution in [1.82, 2.24) is 19.4 Å². The predicted molar refractivity (Wildman–Crippen MR) is 99.7 cm³/mol. The third kappa shape index (κ3) is 2.00. The van der Waals surface area contributed by atoms with Crippen LogP contribution in [0.25, 0.3) is 11.0 Å². The summed E-state index contributed by atoms with van der Waals surface area (Å²) >= 11 is 0. The number of hydrogen-bond acceptors (Lipinski definition) is 6. The van der Waals surface area contributed by atoms with Crippen molar-refractivity contribution >= 4 is 23.2 Å². The second kappa shape index (κ2) is 5.06. The normalized spacial score (nSPS) is 36.3. The zero-order valence-electron chi connectivity index (χ0n) is 16.1. The van der Waals surface area contributed by atoms with Gasteiger partial charge in [0.2, 0.25) is 0 Å². The second-order valence-corrected chi connectivity index (χ2v) is 8.66. The molecule has 3 aliphatic rings. The van der Waals surface area contributed by atoms with E-state index in [0.717, 1.165) is 30.3 Å². The van der Waals surface area contributed by atoms with Crippen molar-refractivity contribution < 1.29 is 14.6 Å². The lowest BCUT2D eigenvalue weighted by molar-refractivity contribution is -0.187. The molecule has 0 amide bonds. The molecule has 5 rings (SSSR count). The highest BCUT2D eigenvalue weighted by atomic mass is 16.8. The summed E-state index contributed by atoms with van der Waals surface area (Å²) in [5, 5.41) is 10.9. The van der Waals surface area contributed by atoms with Crippen LogP contribution >= 0.6 is 0 Å². The van der Waals surface area contributed by atoms with Gasteiger partial charge in [-0.25, -0.2) is 15.0 Å². The molecule has 8 nitrogen and oxygen atoms in total. The fourth-order valence-electron chi connectivity index (χ4n) is 5.22. The highest BCUT2D eigenvalue weighted by Crippen LogP contribution is 2.79. The average molecular weight is 371 g/mol.